The Labute approximate surface area is 288 Å². The third-order valence-corrected chi connectivity index (χ3v) is 11.1. The number of nitrogen functional groups attached to an aromatic ring is 1. The predicted molar refractivity (Wildman–Crippen MR) is 188 cm³/mol. The molecule has 0 amide bonds. The fourth-order valence-corrected chi connectivity index (χ4v) is 8.07. The van der Waals surface area contributed by atoms with Gasteiger partial charge in [0.05, 0.1) is 34.4 Å². The Bertz CT molecular complexity index is 2260. The summed E-state index contributed by atoms with van der Waals surface area (Å²) in [5, 5.41) is 16.3. The number of hydrogen-bond acceptors (Lipinski definition) is 11. The minimum atomic E-state index is -4.61. The van der Waals surface area contributed by atoms with Gasteiger partial charge in [0.1, 0.15) is 29.3 Å². The summed E-state index contributed by atoms with van der Waals surface area (Å²) >= 11 is 0.545. The highest BCUT2D eigenvalue weighted by molar-refractivity contribution is 7.95. The highest BCUT2D eigenvalue weighted by Gasteiger charge is 2.25. The van der Waals surface area contributed by atoms with Crippen LogP contribution < -0.4 is 30.5 Å². The van der Waals surface area contributed by atoms with E-state index >= 15 is 0 Å². The monoisotopic (exact) mass is 728 g/mol. The molecule has 1 heterocycles. The minimum absolute atomic E-state index is 0.0445. The van der Waals surface area contributed by atoms with Crippen LogP contribution in [0.1, 0.15) is 27.7 Å². The largest absolute Gasteiger partial charge is 0.691 e. The number of nitrogens with two attached hydrogens (primary N) is 1. The molecule has 4 N–H and O–H groups in total. The van der Waals surface area contributed by atoms with Crippen molar-refractivity contribution < 1.29 is 40.4 Å². The number of benzene rings is 4. The normalized spacial score (nSPS) is 12.0. The van der Waals surface area contributed by atoms with Crippen LogP contribution in [0, 0.1) is 0 Å². The molecule has 3 aromatic carbocycles. The Hall–Kier alpha value is -4.16. The topological polar surface area (TPSA) is 187 Å². The van der Waals surface area contributed by atoms with Gasteiger partial charge in [-0.2, -0.15) is 12.8 Å². The van der Waals surface area contributed by atoms with Crippen LogP contribution in [0.5, 0.6) is 0 Å². The highest BCUT2D eigenvalue weighted by atomic mass is 32.2. The number of hydrogen-bond donors (Lipinski definition) is 3. The van der Waals surface area contributed by atoms with E-state index in [9.17, 15) is 26.6 Å². The van der Waals surface area contributed by atoms with Crippen LogP contribution in [0.15, 0.2) is 91.9 Å². The minimum Gasteiger partial charge on any atom is -0.691 e. The van der Waals surface area contributed by atoms with Crippen molar-refractivity contribution >= 4 is 60.2 Å². The molecular weight excluding hydrogens is 693 g/mol. The van der Waals surface area contributed by atoms with Gasteiger partial charge in [-0.05, 0) is 81.8 Å². The van der Waals surface area contributed by atoms with Crippen LogP contribution in [0.25, 0.3) is 33.4 Å². The fourth-order valence-electron chi connectivity index (χ4n) is 5.79. The van der Waals surface area contributed by atoms with Gasteiger partial charge in [-0.25, -0.2) is 13.0 Å². The van der Waals surface area contributed by atoms with Gasteiger partial charge in [0, 0.05) is 52.3 Å². The molecule has 0 bridgehead atoms. The zero-order chi connectivity index (χ0) is 35.5. The maximum Gasteiger partial charge on any atom is 0.296 e. The van der Waals surface area contributed by atoms with Crippen LogP contribution in [0.2, 0.25) is 0 Å². The highest BCUT2D eigenvalue weighted by Crippen LogP contribution is 2.45. The Morgan fingerprint density at radius 1 is 0.918 bits per heavy atom. The maximum atomic E-state index is 13.5. The molecule has 3 aromatic rings. The van der Waals surface area contributed by atoms with Gasteiger partial charge in [-0.15, -0.1) is 0 Å². The Morgan fingerprint density at radius 3 is 2.27 bits per heavy atom. The molecule has 0 radical (unpaired) electrons. The summed E-state index contributed by atoms with van der Waals surface area (Å²) in [6.07, 6.45) is 0. The van der Waals surface area contributed by atoms with Crippen molar-refractivity contribution in [1.82, 2.24) is 4.58 Å². The van der Waals surface area contributed by atoms with E-state index in [1.807, 2.05) is 36.4 Å². The lowest BCUT2D eigenvalue weighted by Gasteiger charge is -2.23. The van der Waals surface area contributed by atoms with Gasteiger partial charge in [0.15, 0.2) is 0 Å². The van der Waals surface area contributed by atoms with Gasteiger partial charge in [-0.1, -0.05) is 6.07 Å². The molecule has 16 heteroatoms. The second-order valence-electron chi connectivity index (χ2n) is 10.9. The molecule has 0 aromatic heterocycles. The van der Waals surface area contributed by atoms with Crippen molar-refractivity contribution in [3.05, 3.63) is 78.2 Å². The molecule has 1 aliphatic heterocycles. The van der Waals surface area contributed by atoms with Crippen molar-refractivity contribution in [2.24, 2.45) is 0 Å². The zero-order valence-electron chi connectivity index (χ0n) is 27.2. The van der Waals surface area contributed by atoms with Crippen LogP contribution >= 0.6 is 12.0 Å². The van der Waals surface area contributed by atoms with E-state index in [1.165, 1.54) is 12.1 Å². The lowest BCUT2D eigenvalue weighted by atomic mass is 9.93. The van der Waals surface area contributed by atoms with E-state index in [-0.39, 0.29) is 21.2 Å². The Kier molecular flexibility index (Phi) is 10.9. The molecule has 0 unspecified atom stereocenters. The first-order chi connectivity index (χ1) is 23.3. The number of nitrogens with one attached hydrogen (secondary N) is 1. The number of sulfonamides is 1. The molecule has 5 rings (SSSR count). The van der Waals surface area contributed by atoms with E-state index in [0.717, 1.165) is 71.9 Å². The Morgan fingerprint density at radius 2 is 1.63 bits per heavy atom. The van der Waals surface area contributed by atoms with Gasteiger partial charge in [0.25, 0.3) is 20.1 Å². The van der Waals surface area contributed by atoms with Crippen LogP contribution in [-0.4, -0.2) is 47.6 Å². The molecule has 0 fully saturated rings. The van der Waals surface area contributed by atoms with Gasteiger partial charge in [-0.3, -0.25) is 14.3 Å². The summed E-state index contributed by atoms with van der Waals surface area (Å²) in [7, 11) is -8.90. The Balaban J connectivity index is 1.72. The molecule has 0 atom stereocenters. The van der Waals surface area contributed by atoms with Crippen LogP contribution in [-0.2, 0) is 29.5 Å². The third-order valence-electron chi connectivity index (χ3n) is 8.17. The standard InChI is InChI=1S/C33H36N4O9S3/c1-5-36(6-2)22-10-13-25-29(18-22)44-30-19-23(37(7-3)8-4)11-14-26(30)33(25)27-15-12-24(20-31(27)47-46-45-38)48(39,40)35-21-9-16-32(28(34)17-21)49(41,42)43/h9-20,35H,5-8,34H2,1-4H3,(H-,38,41,42,43). The summed E-state index contributed by atoms with van der Waals surface area (Å²) in [5.41, 5.74) is 8.94. The van der Waals surface area contributed by atoms with E-state index in [4.69, 9.17) is 14.5 Å². The number of rotatable bonds is 13. The predicted octanol–water partition coefficient (Wildman–Crippen LogP) is 4.72. The van der Waals surface area contributed by atoms with Crippen molar-refractivity contribution in [2.45, 2.75) is 42.4 Å². The van der Waals surface area contributed by atoms with E-state index in [0.29, 0.717) is 28.9 Å². The summed E-state index contributed by atoms with van der Waals surface area (Å²) in [6.45, 7) is 11.5. The lowest BCUT2D eigenvalue weighted by molar-refractivity contribution is -0.777. The summed E-state index contributed by atoms with van der Waals surface area (Å²) in [6, 6.07) is 19.4. The van der Waals surface area contributed by atoms with Crippen LogP contribution in [0.3, 0.4) is 0 Å². The summed E-state index contributed by atoms with van der Waals surface area (Å²) in [5.74, 6) is 0.602. The molecule has 260 valence electrons. The average Bonchev–Trinajstić information content (AvgIpc) is 3.06. The summed E-state index contributed by atoms with van der Waals surface area (Å²) in [4.78, 5) is 1.68. The molecule has 0 saturated heterocycles. The molecule has 2 aliphatic rings. The quantitative estimate of drug-likeness (QED) is 0.0288. The van der Waals surface area contributed by atoms with E-state index < -0.39 is 25.0 Å². The lowest BCUT2D eigenvalue weighted by Crippen LogP contribution is -2.29. The third kappa shape index (κ3) is 7.55. The first kappa shape index (κ1) is 36.1. The number of nitrogens with zero attached hydrogens (tertiary/aromatic N) is 2. The average molecular weight is 729 g/mol. The second-order valence-corrected chi connectivity index (χ2v) is 14.7. The molecule has 0 spiro atoms. The van der Waals surface area contributed by atoms with Crippen molar-refractivity contribution in [1.29, 1.82) is 0 Å². The van der Waals surface area contributed by atoms with Crippen LogP contribution in [0.4, 0.5) is 17.1 Å². The van der Waals surface area contributed by atoms with Crippen molar-refractivity contribution in [2.75, 3.05) is 41.5 Å². The van der Waals surface area contributed by atoms with E-state index in [2.05, 4.69) is 46.9 Å². The second kappa shape index (κ2) is 14.8. The summed E-state index contributed by atoms with van der Waals surface area (Å²) < 4.78 is 75.3. The van der Waals surface area contributed by atoms with Gasteiger partial charge >= 0.3 is 0 Å². The first-order valence-corrected chi connectivity index (χ1v) is 19.0. The molecular formula is C33H36N4O9S3. The molecule has 0 saturated carbocycles. The molecule has 13 nitrogen and oxygen atoms in total. The first-order valence-electron chi connectivity index (χ1n) is 15.4. The number of fused-ring (bicyclic) bond motifs is 2. The maximum absolute atomic E-state index is 13.5. The molecule has 1 aliphatic carbocycles. The van der Waals surface area contributed by atoms with Gasteiger partial charge < -0.3 is 20.3 Å². The van der Waals surface area contributed by atoms with Crippen molar-refractivity contribution in [3.8, 4) is 22.5 Å². The molecule has 49 heavy (non-hydrogen) atoms. The SMILES string of the molecule is CCN(CC)c1ccc2c(-c3ccc(S(=O)(=O)Nc4ccc(S(=O)(=O)O)c(N)c4)cc3SOO[O-])c3ccc(=[N+](CC)CC)cc-3oc2c1. The number of anilines is 3. The van der Waals surface area contributed by atoms with E-state index in [1.54, 1.807) is 6.07 Å². The van der Waals surface area contributed by atoms with Crippen molar-refractivity contribution in [3.63, 3.8) is 0 Å². The smallest absolute Gasteiger partial charge is 0.296 e. The van der Waals surface area contributed by atoms with Gasteiger partial charge in [0.2, 0.25) is 5.36 Å². The zero-order valence-corrected chi connectivity index (χ0v) is 29.6. The fraction of sp³-hybridized carbons (Fsp3) is 0.242.